The van der Waals surface area contributed by atoms with Crippen LogP contribution in [0.3, 0.4) is 0 Å². The van der Waals surface area contributed by atoms with Crippen LogP contribution in [0.5, 0.6) is 0 Å². The summed E-state index contributed by atoms with van der Waals surface area (Å²) in [5, 5.41) is 5.65. The van der Waals surface area contributed by atoms with Crippen LogP contribution in [0.25, 0.3) is 0 Å². The maximum absolute atomic E-state index is 11.4. The van der Waals surface area contributed by atoms with Gasteiger partial charge in [0.2, 0.25) is 0 Å². The third kappa shape index (κ3) is 5.71. The molecule has 0 saturated carbocycles. The molecule has 0 aliphatic carbocycles. The summed E-state index contributed by atoms with van der Waals surface area (Å²) in [5.41, 5.74) is 2.50. The van der Waals surface area contributed by atoms with Crippen molar-refractivity contribution in [1.29, 1.82) is 0 Å². The van der Waals surface area contributed by atoms with Crippen molar-refractivity contribution in [2.24, 2.45) is 0 Å². The molecular formula is C15H24N2O. The van der Waals surface area contributed by atoms with Crippen molar-refractivity contribution in [1.82, 2.24) is 10.6 Å². The summed E-state index contributed by atoms with van der Waals surface area (Å²) in [5.74, 6) is 0. The fourth-order valence-electron chi connectivity index (χ4n) is 1.70. The van der Waals surface area contributed by atoms with E-state index in [1.807, 2.05) is 13.8 Å². The highest BCUT2D eigenvalue weighted by Gasteiger charge is 2.02. The molecule has 0 bridgehead atoms. The van der Waals surface area contributed by atoms with Crippen LogP contribution in [-0.4, -0.2) is 12.1 Å². The van der Waals surface area contributed by atoms with E-state index in [2.05, 4.69) is 41.8 Å². The van der Waals surface area contributed by atoms with Crippen molar-refractivity contribution in [2.45, 2.75) is 52.6 Å². The third-order valence-electron chi connectivity index (χ3n) is 2.71. The number of urea groups is 1. The Morgan fingerprint density at radius 3 is 2.33 bits per heavy atom. The first-order valence-corrected chi connectivity index (χ1v) is 6.74. The zero-order valence-corrected chi connectivity index (χ0v) is 11.6. The van der Waals surface area contributed by atoms with E-state index in [9.17, 15) is 4.79 Å². The molecular weight excluding hydrogens is 224 g/mol. The van der Waals surface area contributed by atoms with Gasteiger partial charge in [-0.1, -0.05) is 37.6 Å². The van der Waals surface area contributed by atoms with E-state index >= 15 is 0 Å². The minimum atomic E-state index is -0.111. The van der Waals surface area contributed by atoms with E-state index in [1.165, 1.54) is 18.4 Å². The van der Waals surface area contributed by atoms with Crippen molar-refractivity contribution in [2.75, 3.05) is 0 Å². The topological polar surface area (TPSA) is 41.1 Å². The fourth-order valence-corrected chi connectivity index (χ4v) is 1.70. The van der Waals surface area contributed by atoms with E-state index in [1.54, 1.807) is 0 Å². The minimum absolute atomic E-state index is 0.111. The van der Waals surface area contributed by atoms with E-state index in [4.69, 9.17) is 0 Å². The van der Waals surface area contributed by atoms with Gasteiger partial charge in [-0.05, 0) is 37.8 Å². The number of unbranched alkanes of at least 4 members (excludes halogenated alkanes) is 1. The number of rotatable bonds is 6. The molecule has 2 amide bonds. The van der Waals surface area contributed by atoms with Crippen LogP contribution >= 0.6 is 0 Å². The van der Waals surface area contributed by atoms with Crippen LogP contribution in [0, 0.1) is 0 Å². The van der Waals surface area contributed by atoms with Gasteiger partial charge in [0.05, 0.1) is 0 Å². The average Bonchev–Trinajstić information content (AvgIpc) is 2.34. The lowest BCUT2D eigenvalue weighted by molar-refractivity contribution is 0.238. The molecule has 0 spiro atoms. The Morgan fingerprint density at radius 2 is 1.78 bits per heavy atom. The van der Waals surface area contributed by atoms with E-state index in [0.717, 1.165) is 12.0 Å². The lowest BCUT2D eigenvalue weighted by Gasteiger charge is -2.10. The number of carbonyl (C=O) groups is 1. The molecule has 0 saturated heterocycles. The molecule has 100 valence electrons. The SMILES string of the molecule is CCCCc1ccc(CNC(=O)NC(C)C)cc1. The quantitative estimate of drug-likeness (QED) is 0.797. The van der Waals surface area contributed by atoms with Gasteiger partial charge in [0.25, 0.3) is 0 Å². The van der Waals surface area contributed by atoms with Crippen LogP contribution in [0.2, 0.25) is 0 Å². The maximum Gasteiger partial charge on any atom is 0.315 e. The number of aryl methyl sites for hydroxylation is 1. The normalized spacial score (nSPS) is 10.4. The summed E-state index contributed by atoms with van der Waals surface area (Å²) < 4.78 is 0. The average molecular weight is 248 g/mol. The molecule has 0 aliphatic rings. The molecule has 3 nitrogen and oxygen atoms in total. The third-order valence-corrected chi connectivity index (χ3v) is 2.71. The Labute approximate surface area is 110 Å². The van der Waals surface area contributed by atoms with Gasteiger partial charge in [0.1, 0.15) is 0 Å². The first-order valence-electron chi connectivity index (χ1n) is 6.74. The summed E-state index contributed by atoms with van der Waals surface area (Å²) >= 11 is 0. The number of amides is 2. The van der Waals surface area contributed by atoms with Crippen LogP contribution in [0.1, 0.15) is 44.7 Å². The second-order valence-corrected chi connectivity index (χ2v) is 4.90. The second-order valence-electron chi connectivity index (χ2n) is 4.90. The van der Waals surface area contributed by atoms with Crippen LogP contribution in [0.15, 0.2) is 24.3 Å². The molecule has 0 heterocycles. The second kappa shape index (κ2) is 7.75. The Hall–Kier alpha value is -1.51. The van der Waals surface area contributed by atoms with Gasteiger partial charge >= 0.3 is 6.03 Å². The molecule has 0 aromatic heterocycles. The van der Waals surface area contributed by atoms with Crippen LogP contribution < -0.4 is 10.6 Å². The first kappa shape index (κ1) is 14.6. The lowest BCUT2D eigenvalue weighted by atomic mass is 10.1. The van der Waals surface area contributed by atoms with Gasteiger partial charge in [-0.15, -0.1) is 0 Å². The Balaban J connectivity index is 2.37. The molecule has 0 radical (unpaired) electrons. The number of hydrogen-bond acceptors (Lipinski definition) is 1. The molecule has 2 N–H and O–H groups in total. The van der Waals surface area contributed by atoms with Crippen LogP contribution in [-0.2, 0) is 13.0 Å². The molecule has 0 aliphatic heterocycles. The van der Waals surface area contributed by atoms with Crippen molar-refractivity contribution in [3.8, 4) is 0 Å². The molecule has 0 atom stereocenters. The highest BCUT2D eigenvalue weighted by Crippen LogP contribution is 2.07. The Kier molecular flexibility index (Phi) is 6.26. The Morgan fingerprint density at radius 1 is 1.17 bits per heavy atom. The molecule has 1 rings (SSSR count). The van der Waals surface area contributed by atoms with E-state index in [0.29, 0.717) is 6.54 Å². The number of nitrogens with one attached hydrogen (secondary N) is 2. The largest absolute Gasteiger partial charge is 0.336 e. The highest BCUT2D eigenvalue weighted by atomic mass is 16.2. The van der Waals surface area contributed by atoms with E-state index in [-0.39, 0.29) is 12.1 Å². The number of hydrogen-bond donors (Lipinski definition) is 2. The molecule has 0 fully saturated rings. The first-order chi connectivity index (χ1) is 8.61. The van der Waals surface area contributed by atoms with Gasteiger partial charge in [0.15, 0.2) is 0 Å². The summed E-state index contributed by atoms with van der Waals surface area (Å²) in [4.78, 5) is 11.4. The standard InChI is InChI=1S/C15H24N2O/c1-4-5-6-13-7-9-14(10-8-13)11-16-15(18)17-12(2)3/h7-10,12H,4-6,11H2,1-3H3,(H2,16,17,18). The maximum atomic E-state index is 11.4. The van der Waals surface area contributed by atoms with Crippen molar-refractivity contribution < 1.29 is 4.79 Å². The van der Waals surface area contributed by atoms with Gasteiger partial charge in [-0.2, -0.15) is 0 Å². The van der Waals surface area contributed by atoms with Gasteiger partial charge in [-0.3, -0.25) is 0 Å². The smallest absolute Gasteiger partial charge is 0.315 e. The summed E-state index contributed by atoms with van der Waals surface area (Å²) in [6, 6.07) is 8.52. The summed E-state index contributed by atoms with van der Waals surface area (Å²) in [6.45, 7) is 6.67. The summed E-state index contributed by atoms with van der Waals surface area (Å²) in [7, 11) is 0. The van der Waals surface area contributed by atoms with E-state index < -0.39 is 0 Å². The molecule has 0 unspecified atom stereocenters. The van der Waals surface area contributed by atoms with Crippen molar-refractivity contribution >= 4 is 6.03 Å². The van der Waals surface area contributed by atoms with Crippen molar-refractivity contribution in [3.63, 3.8) is 0 Å². The lowest BCUT2D eigenvalue weighted by Crippen LogP contribution is -2.39. The zero-order valence-electron chi connectivity index (χ0n) is 11.6. The van der Waals surface area contributed by atoms with Gasteiger partial charge in [-0.25, -0.2) is 4.79 Å². The zero-order chi connectivity index (χ0) is 13.4. The van der Waals surface area contributed by atoms with Gasteiger partial charge < -0.3 is 10.6 Å². The number of carbonyl (C=O) groups excluding carboxylic acids is 1. The predicted octanol–water partition coefficient (Wildman–Crippen LogP) is 3.24. The molecule has 1 aromatic carbocycles. The van der Waals surface area contributed by atoms with Crippen LogP contribution in [0.4, 0.5) is 4.79 Å². The Bertz CT molecular complexity index is 357. The predicted molar refractivity (Wildman–Crippen MR) is 75.6 cm³/mol. The highest BCUT2D eigenvalue weighted by molar-refractivity contribution is 5.74. The molecule has 18 heavy (non-hydrogen) atoms. The molecule has 3 heteroatoms. The number of benzene rings is 1. The summed E-state index contributed by atoms with van der Waals surface area (Å²) in [6.07, 6.45) is 3.59. The molecule has 1 aromatic rings. The monoisotopic (exact) mass is 248 g/mol. The fraction of sp³-hybridized carbons (Fsp3) is 0.533. The minimum Gasteiger partial charge on any atom is -0.336 e. The van der Waals surface area contributed by atoms with Gasteiger partial charge in [0, 0.05) is 12.6 Å². The van der Waals surface area contributed by atoms with Crippen molar-refractivity contribution in [3.05, 3.63) is 35.4 Å².